The third-order valence-corrected chi connectivity index (χ3v) is 4.63. The third-order valence-electron chi connectivity index (χ3n) is 4.63. The molecule has 0 saturated carbocycles. The average Bonchev–Trinajstić information content (AvgIpc) is 3.12. The third kappa shape index (κ3) is 3.17. The highest BCUT2D eigenvalue weighted by molar-refractivity contribution is 5.75. The zero-order chi connectivity index (χ0) is 18.3. The van der Waals surface area contributed by atoms with Gasteiger partial charge in [-0.05, 0) is 75.9 Å². The molecule has 0 atom stereocenters. The van der Waals surface area contributed by atoms with Gasteiger partial charge < -0.3 is 14.1 Å². The number of aryl methyl sites for hydroxylation is 4. The quantitative estimate of drug-likeness (QED) is 0.568. The maximum absolute atomic E-state index is 5.81. The molecule has 5 nitrogen and oxygen atoms in total. The normalized spacial score (nSPS) is 11.7. The number of aromatic nitrogens is 3. The van der Waals surface area contributed by atoms with Crippen LogP contribution in [0.1, 0.15) is 36.4 Å². The fourth-order valence-electron chi connectivity index (χ4n) is 3.25. The number of imidazole rings is 1. The topological polar surface area (TPSA) is 55.4 Å². The maximum Gasteiger partial charge on any atom is 0.295 e. The van der Waals surface area contributed by atoms with E-state index in [1.807, 2.05) is 6.07 Å². The van der Waals surface area contributed by atoms with Crippen LogP contribution in [0.4, 0.5) is 6.01 Å². The number of oxazole rings is 1. The summed E-state index contributed by atoms with van der Waals surface area (Å²) in [6.07, 6.45) is 3.93. The monoisotopic (exact) mass is 348 g/mol. The van der Waals surface area contributed by atoms with Crippen LogP contribution < -0.4 is 5.32 Å². The summed E-state index contributed by atoms with van der Waals surface area (Å²) < 4.78 is 7.97. The molecule has 0 unspecified atom stereocenters. The van der Waals surface area contributed by atoms with Gasteiger partial charge in [-0.15, -0.1) is 0 Å². The van der Waals surface area contributed by atoms with Crippen LogP contribution in [0.15, 0.2) is 40.9 Å². The Morgan fingerprint density at radius 2 is 1.92 bits per heavy atom. The zero-order valence-electron chi connectivity index (χ0n) is 15.7. The van der Waals surface area contributed by atoms with Gasteiger partial charge in [-0.1, -0.05) is 6.07 Å². The molecule has 0 amide bonds. The van der Waals surface area contributed by atoms with Gasteiger partial charge in [0.1, 0.15) is 11.2 Å². The number of nitrogens with one attached hydrogen (secondary N) is 1. The highest BCUT2D eigenvalue weighted by Crippen LogP contribution is 2.22. The summed E-state index contributed by atoms with van der Waals surface area (Å²) in [5.74, 6) is 0. The standard InChI is InChI=1S/C21H24N4O/c1-13(2)22-21-24-18-8-6-16(12-19(18)26-21)5-7-17-15(4)25-10-9-14(3)11-20(25)23-17/h6,8-13H,5,7H2,1-4H3,(H,22,24). The van der Waals surface area contributed by atoms with Crippen molar-refractivity contribution in [1.82, 2.24) is 14.4 Å². The van der Waals surface area contributed by atoms with Crippen LogP contribution in [-0.4, -0.2) is 20.4 Å². The van der Waals surface area contributed by atoms with Gasteiger partial charge in [-0.2, -0.15) is 4.98 Å². The molecule has 0 radical (unpaired) electrons. The van der Waals surface area contributed by atoms with Gasteiger partial charge >= 0.3 is 0 Å². The van der Waals surface area contributed by atoms with E-state index >= 15 is 0 Å². The van der Waals surface area contributed by atoms with E-state index in [0.29, 0.717) is 12.1 Å². The van der Waals surface area contributed by atoms with Crippen LogP contribution in [0, 0.1) is 13.8 Å². The molecule has 0 aliphatic carbocycles. The van der Waals surface area contributed by atoms with Crippen molar-refractivity contribution in [2.75, 3.05) is 5.32 Å². The molecule has 0 saturated heterocycles. The summed E-state index contributed by atoms with van der Waals surface area (Å²) in [4.78, 5) is 9.27. The highest BCUT2D eigenvalue weighted by Gasteiger charge is 2.10. The molecule has 4 aromatic rings. The van der Waals surface area contributed by atoms with Crippen LogP contribution in [0.3, 0.4) is 0 Å². The van der Waals surface area contributed by atoms with Crippen LogP contribution in [0.25, 0.3) is 16.7 Å². The first kappa shape index (κ1) is 16.6. The molecule has 1 aromatic carbocycles. The Balaban J connectivity index is 1.55. The van der Waals surface area contributed by atoms with Crippen molar-refractivity contribution in [3.05, 3.63) is 59.0 Å². The van der Waals surface area contributed by atoms with E-state index in [-0.39, 0.29) is 0 Å². The van der Waals surface area contributed by atoms with E-state index in [4.69, 9.17) is 9.40 Å². The molecule has 4 rings (SSSR count). The molecule has 134 valence electrons. The largest absolute Gasteiger partial charge is 0.424 e. The number of hydrogen-bond acceptors (Lipinski definition) is 4. The molecule has 1 N–H and O–H groups in total. The van der Waals surface area contributed by atoms with Gasteiger partial charge in [0.15, 0.2) is 5.58 Å². The lowest BCUT2D eigenvalue weighted by atomic mass is 10.1. The molecule has 5 heteroatoms. The number of nitrogens with zero attached hydrogens (tertiary/aromatic N) is 3. The van der Waals surface area contributed by atoms with E-state index in [9.17, 15) is 0 Å². The minimum Gasteiger partial charge on any atom is -0.424 e. The smallest absolute Gasteiger partial charge is 0.295 e. The van der Waals surface area contributed by atoms with Crippen molar-refractivity contribution < 1.29 is 4.42 Å². The number of anilines is 1. The number of fused-ring (bicyclic) bond motifs is 2. The number of pyridine rings is 1. The average molecular weight is 348 g/mol. The van der Waals surface area contributed by atoms with Crippen molar-refractivity contribution in [2.24, 2.45) is 0 Å². The van der Waals surface area contributed by atoms with Gasteiger partial charge in [0.2, 0.25) is 0 Å². The van der Waals surface area contributed by atoms with E-state index in [1.54, 1.807) is 0 Å². The fraction of sp³-hybridized carbons (Fsp3) is 0.333. The lowest BCUT2D eigenvalue weighted by Gasteiger charge is -2.02. The summed E-state index contributed by atoms with van der Waals surface area (Å²) in [6, 6.07) is 11.4. The molecular formula is C21H24N4O. The SMILES string of the molecule is Cc1ccn2c(C)c(CCc3ccc4nc(NC(C)C)oc4c3)nc2c1. The zero-order valence-corrected chi connectivity index (χ0v) is 15.7. The Labute approximate surface area is 153 Å². The Kier molecular flexibility index (Phi) is 4.15. The maximum atomic E-state index is 5.81. The second-order valence-corrected chi connectivity index (χ2v) is 7.20. The molecule has 0 bridgehead atoms. The molecule has 0 spiro atoms. The van der Waals surface area contributed by atoms with E-state index < -0.39 is 0 Å². The number of benzene rings is 1. The van der Waals surface area contributed by atoms with Crippen LogP contribution in [0.5, 0.6) is 0 Å². The summed E-state index contributed by atoms with van der Waals surface area (Å²) in [5.41, 5.74) is 7.56. The molecule has 3 aromatic heterocycles. The molecule has 0 aliphatic heterocycles. The van der Waals surface area contributed by atoms with E-state index in [0.717, 1.165) is 35.3 Å². The first-order chi connectivity index (χ1) is 12.5. The Morgan fingerprint density at radius 3 is 2.73 bits per heavy atom. The Bertz CT molecular complexity index is 1070. The summed E-state index contributed by atoms with van der Waals surface area (Å²) in [6.45, 7) is 8.37. The van der Waals surface area contributed by atoms with Gasteiger partial charge in [0.05, 0.1) is 5.69 Å². The molecule has 3 heterocycles. The lowest BCUT2D eigenvalue weighted by molar-refractivity contribution is 0.605. The van der Waals surface area contributed by atoms with Crippen LogP contribution in [-0.2, 0) is 12.8 Å². The van der Waals surface area contributed by atoms with Crippen LogP contribution >= 0.6 is 0 Å². The van der Waals surface area contributed by atoms with Crippen LogP contribution in [0.2, 0.25) is 0 Å². The van der Waals surface area contributed by atoms with Crippen molar-refractivity contribution in [2.45, 2.75) is 46.6 Å². The number of hydrogen-bond donors (Lipinski definition) is 1. The minimum atomic E-state index is 0.296. The van der Waals surface area contributed by atoms with Gasteiger partial charge in [-0.25, -0.2) is 4.98 Å². The van der Waals surface area contributed by atoms with Gasteiger partial charge in [-0.3, -0.25) is 0 Å². The molecule has 0 aliphatic rings. The second kappa shape index (κ2) is 6.48. The predicted molar refractivity (Wildman–Crippen MR) is 105 cm³/mol. The molecule has 0 fully saturated rings. The van der Waals surface area contributed by atoms with Gasteiger partial charge in [0.25, 0.3) is 6.01 Å². The van der Waals surface area contributed by atoms with E-state index in [2.05, 4.69) is 72.9 Å². The first-order valence-corrected chi connectivity index (χ1v) is 9.10. The molecule has 26 heavy (non-hydrogen) atoms. The predicted octanol–water partition coefficient (Wildman–Crippen LogP) is 4.70. The summed E-state index contributed by atoms with van der Waals surface area (Å²) in [5, 5.41) is 3.21. The van der Waals surface area contributed by atoms with Crippen molar-refractivity contribution in [1.29, 1.82) is 0 Å². The summed E-state index contributed by atoms with van der Waals surface area (Å²) >= 11 is 0. The minimum absolute atomic E-state index is 0.296. The van der Waals surface area contributed by atoms with Crippen molar-refractivity contribution in [3.8, 4) is 0 Å². The lowest BCUT2D eigenvalue weighted by Crippen LogP contribution is -2.09. The fourth-order valence-corrected chi connectivity index (χ4v) is 3.25. The van der Waals surface area contributed by atoms with E-state index in [1.165, 1.54) is 16.8 Å². The van der Waals surface area contributed by atoms with Gasteiger partial charge in [0, 0.05) is 17.9 Å². The molecular weight excluding hydrogens is 324 g/mol. The highest BCUT2D eigenvalue weighted by atomic mass is 16.4. The Morgan fingerprint density at radius 1 is 1.08 bits per heavy atom. The van der Waals surface area contributed by atoms with Crippen molar-refractivity contribution >= 4 is 22.8 Å². The first-order valence-electron chi connectivity index (χ1n) is 9.10. The Hall–Kier alpha value is -2.82. The summed E-state index contributed by atoms with van der Waals surface area (Å²) in [7, 11) is 0. The second-order valence-electron chi connectivity index (χ2n) is 7.20. The number of rotatable bonds is 5. The van der Waals surface area contributed by atoms with Crippen molar-refractivity contribution in [3.63, 3.8) is 0 Å².